The summed E-state index contributed by atoms with van der Waals surface area (Å²) in [6.07, 6.45) is 7.61. The van der Waals surface area contributed by atoms with Crippen molar-refractivity contribution in [1.29, 1.82) is 0 Å². The van der Waals surface area contributed by atoms with Gasteiger partial charge >= 0.3 is 0 Å². The molecule has 0 radical (unpaired) electrons. The Balaban J connectivity index is 1.32. The quantitative estimate of drug-likeness (QED) is 0.510. The van der Waals surface area contributed by atoms with Crippen LogP contribution < -0.4 is 10.6 Å². The SMILES string of the molecule is CN(C(=O)C(CSCC1CCCCC1)NC(=O)[C@@H]1CSCN1)C1CCN(Cc2ccccc2)C1. The van der Waals surface area contributed by atoms with E-state index in [-0.39, 0.29) is 23.9 Å². The van der Waals surface area contributed by atoms with Crippen LogP contribution in [0.15, 0.2) is 30.3 Å². The highest BCUT2D eigenvalue weighted by Crippen LogP contribution is 2.27. The Morgan fingerprint density at radius 3 is 2.74 bits per heavy atom. The van der Waals surface area contributed by atoms with Crippen molar-refractivity contribution in [3.05, 3.63) is 35.9 Å². The maximum atomic E-state index is 13.6. The van der Waals surface area contributed by atoms with Gasteiger partial charge in [-0.2, -0.15) is 11.8 Å². The number of nitrogens with one attached hydrogen (secondary N) is 2. The molecule has 2 N–H and O–H groups in total. The number of carbonyl (C=O) groups is 2. The predicted molar refractivity (Wildman–Crippen MR) is 143 cm³/mol. The van der Waals surface area contributed by atoms with Gasteiger partial charge in [-0.3, -0.25) is 19.8 Å². The fraction of sp³-hybridized carbons (Fsp3) is 0.692. The van der Waals surface area contributed by atoms with Gasteiger partial charge in [-0.05, 0) is 36.5 Å². The third-order valence-corrected chi connectivity index (χ3v) is 9.62. The lowest BCUT2D eigenvalue weighted by atomic mass is 9.91. The van der Waals surface area contributed by atoms with E-state index in [2.05, 4.69) is 39.8 Å². The zero-order chi connectivity index (χ0) is 23.8. The molecule has 0 spiro atoms. The van der Waals surface area contributed by atoms with Crippen molar-refractivity contribution in [3.8, 4) is 0 Å². The Kier molecular flexibility index (Phi) is 10.0. The lowest BCUT2D eigenvalue weighted by Gasteiger charge is -2.30. The molecule has 8 heteroatoms. The molecule has 1 aliphatic carbocycles. The lowest BCUT2D eigenvalue weighted by Crippen LogP contribution is -2.55. The first-order chi connectivity index (χ1) is 16.6. The zero-order valence-corrected chi connectivity index (χ0v) is 22.0. The molecule has 2 aliphatic heterocycles. The van der Waals surface area contributed by atoms with Crippen LogP contribution in [0.1, 0.15) is 44.1 Å². The molecule has 6 nitrogen and oxygen atoms in total. The van der Waals surface area contributed by atoms with E-state index in [1.165, 1.54) is 37.7 Å². The molecule has 188 valence electrons. The highest BCUT2D eigenvalue weighted by atomic mass is 32.2. The molecule has 2 heterocycles. The highest BCUT2D eigenvalue weighted by molar-refractivity contribution is 7.99. The molecule has 1 aromatic rings. The van der Waals surface area contributed by atoms with Crippen molar-refractivity contribution in [2.24, 2.45) is 5.92 Å². The van der Waals surface area contributed by atoms with Crippen LogP contribution in [0, 0.1) is 5.92 Å². The first-order valence-electron chi connectivity index (χ1n) is 12.8. The van der Waals surface area contributed by atoms with Crippen LogP contribution in [0.2, 0.25) is 0 Å². The summed E-state index contributed by atoms with van der Waals surface area (Å²) in [6, 6.07) is 10.1. The second kappa shape index (κ2) is 13.2. The van der Waals surface area contributed by atoms with Crippen LogP contribution in [-0.2, 0) is 16.1 Å². The highest BCUT2D eigenvalue weighted by Gasteiger charge is 2.34. The summed E-state index contributed by atoms with van der Waals surface area (Å²) in [7, 11) is 1.92. The predicted octanol–water partition coefficient (Wildman–Crippen LogP) is 3.18. The molecule has 2 unspecified atom stereocenters. The second-order valence-electron chi connectivity index (χ2n) is 9.99. The third kappa shape index (κ3) is 7.39. The van der Waals surface area contributed by atoms with Gasteiger partial charge in [-0.15, -0.1) is 11.8 Å². The van der Waals surface area contributed by atoms with Crippen LogP contribution in [0.5, 0.6) is 0 Å². The Bertz CT molecular complexity index is 784. The molecule has 0 aromatic heterocycles. The number of hydrogen-bond acceptors (Lipinski definition) is 6. The van der Waals surface area contributed by atoms with Crippen molar-refractivity contribution in [2.45, 2.75) is 63.2 Å². The number of thioether (sulfide) groups is 2. The summed E-state index contributed by atoms with van der Waals surface area (Å²) < 4.78 is 0. The molecular formula is C26H40N4O2S2. The molecule has 2 saturated heterocycles. The Hall–Kier alpha value is -1.22. The fourth-order valence-corrected chi connectivity index (χ4v) is 7.46. The van der Waals surface area contributed by atoms with Gasteiger partial charge < -0.3 is 10.2 Å². The molecule has 1 saturated carbocycles. The van der Waals surface area contributed by atoms with E-state index in [0.29, 0.717) is 5.75 Å². The average molecular weight is 505 g/mol. The third-order valence-electron chi connectivity index (χ3n) is 7.40. The van der Waals surface area contributed by atoms with Crippen LogP contribution in [-0.4, -0.2) is 83.0 Å². The van der Waals surface area contributed by atoms with Crippen molar-refractivity contribution < 1.29 is 9.59 Å². The standard InChI is InChI=1S/C26H40N4O2S2/c1-29(22-12-13-30(15-22)14-20-8-4-2-5-9-20)26(32)24(28-25(31)23-17-34-19-27-23)18-33-16-21-10-6-3-7-11-21/h2,4-5,8-9,21-24,27H,3,6-7,10-19H2,1H3,(H,28,31)/t22?,23-,24?/m0/s1. The van der Waals surface area contributed by atoms with E-state index in [0.717, 1.165) is 49.4 Å². The summed E-state index contributed by atoms with van der Waals surface area (Å²) in [5.74, 6) is 4.10. The number of amides is 2. The van der Waals surface area contributed by atoms with Crippen LogP contribution in [0.4, 0.5) is 0 Å². The van der Waals surface area contributed by atoms with Crippen LogP contribution in [0.25, 0.3) is 0 Å². The van der Waals surface area contributed by atoms with Gasteiger partial charge in [0.25, 0.3) is 0 Å². The topological polar surface area (TPSA) is 64.7 Å². The molecule has 3 atom stereocenters. The fourth-order valence-electron chi connectivity index (χ4n) is 5.26. The Morgan fingerprint density at radius 1 is 1.21 bits per heavy atom. The molecule has 34 heavy (non-hydrogen) atoms. The molecule has 1 aromatic carbocycles. The van der Waals surface area contributed by atoms with E-state index in [1.807, 2.05) is 29.8 Å². The van der Waals surface area contributed by atoms with Crippen LogP contribution in [0.3, 0.4) is 0 Å². The van der Waals surface area contributed by atoms with Gasteiger partial charge in [-0.25, -0.2) is 0 Å². The Morgan fingerprint density at radius 2 is 2.00 bits per heavy atom. The largest absolute Gasteiger partial charge is 0.342 e. The molecule has 3 aliphatic rings. The summed E-state index contributed by atoms with van der Waals surface area (Å²) in [6.45, 7) is 2.80. The number of carbonyl (C=O) groups excluding carboxylic acids is 2. The minimum atomic E-state index is -0.457. The number of benzene rings is 1. The second-order valence-corrected chi connectivity index (χ2v) is 12.1. The van der Waals surface area contributed by atoms with Crippen molar-refractivity contribution in [1.82, 2.24) is 20.4 Å². The van der Waals surface area contributed by atoms with E-state index < -0.39 is 6.04 Å². The maximum absolute atomic E-state index is 13.6. The summed E-state index contributed by atoms with van der Waals surface area (Å²) in [5.41, 5.74) is 1.31. The van der Waals surface area contributed by atoms with Gasteiger partial charge in [0.05, 0.1) is 6.04 Å². The Labute approximate surface area is 213 Å². The normalized spacial score (nSPS) is 24.7. The maximum Gasteiger partial charge on any atom is 0.246 e. The summed E-state index contributed by atoms with van der Waals surface area (Å²) in [4.78, 5) is 30.8. The van der Waals surface area contributed by atoms with Crippen molar-refractivity contribution >= 4 is 35.3 Å². The molecule has 2 amide bonds. The van der Waals surface area contributed by atoms with Gasteiger partial charge in [0.15, 0.2) is 0 Å². The van der Waals surface area contributed by atoms with E-state index >= 15 is 0 Å². The first kappa shape index (κ1) is 25.9. The number of likely N-dealkylation sites (N-methyl/N-ethyl adjacent to an activating group) is 1. The van der Waals surface area contributed by atoms with E-state index in [4.69, 9.17) is 0 Å². The van der Waals surface area contributed by atoms with E-state index in [9.17, 15) is 9.59 Å². The minimum Gasteiger partial charge on any atom is -0.342 e. The number of nitrogens with zero attached hydrogens (tertiary/aromatic N) is 2. The molecular weight excluding hydrogens is 464 g/mol. The van der Waals surface area contributed by atoms with Gasteiger partial charge in [0, 0.05) is 50.1 Å². The summed E-state index contributed by atoms with van der Waals surface area (Å²) in [5, 5.41) is 6.35. The molecule has 3 fully saturated rings. The smallest absolute Gasteiger partial charge is 0.246 e. The van der Waals surface area contributed by atoms with E-state index in [1.54, 1.807) is 11.8 Å². The average Bonchev–Trinajstić information content (AvgIpc) is 3.57. The van der Waals surface area contributed by atoms with Gasteiger partial charge in [-0.1, -0.05) is 49.6 Å². The zero-order valence-electron chi connectivity index (χ0n) is 20.4. The number of rotatable bonds is 10. The number of likely N-dealkylation sites (tertiary alicyclic amines) is 1. The summed E-state index contributed by atoms with van der Waals surface area (Å²) >= 11 is 3.58. The van der Waals surface area contributed by atoms with Crippen molar-refractivity contribution in [2.75, 3.05) is 43.3 Å². The van der Waals surface area contributed by atoms with Crippen LogP contribution >= 0.6 is 23.5 Å². The van der Waals surface area contributed by atoms with Gasteiger partial charge in [0.1, 0.15) is 6.04 Å². The number of hydrogen-bond donors (Lipinski definition) is 2. The first-order valence-corrected chi connectivity index (χ1v) is 15.1. The minimum absolute atomic E-state index is 0.0351. The molecule has 4 rings (SSSR count). The van der Waals surface area contributed by atoms with Gasteiger partial charge in [0.2, 0.25) is 11.8 Å². The lowest BCUT2D eigenvalue weighted by molar-refractivity contribution is -0.136. The van der Waals surface area contributed by atoms with Crippen molar-refractivity contribution in [3.63, 3.8) is 0 Å². The monoisotopic (exact) mass is 504 g/mol. The molecule has 0 bridgehead atoms.